The van der Waals surface area contributed by atoms with Gasteiger partial charge in [-0.05, 0) is 66.0 Å². The van der Waals surface area contributed by atoms with Gasteiger partial charge in [-0.1, -0.05) is 58.9 Å². The molecule has 0 fully saturated rings. The molecule has 0 unspecified atom stereocenters. The Labute approximate surface area is 246 Å². The molecule has 10 heteroatoms. The maximum absolute atomic E-state index is 13.8. The number of nitrogens with two attached hydrogens (primary N) is 1. The fraction of sp³-hybridized carbons (Fsp3) is 0.438. The molecule has 0 aliphatic heterocycles. The standard InChI is InChI=1S/C32H42FN5O4/c1-18(2)28(38(7)31(42)24(34)16-20-8-11-22(33)12-9-20)30(41)36-25(29-35-19(3)14-27(40)37-29)17-21-10-13-26(39)23(15-21)32(4,5)6/h8-15,18,24-25,28,39H,16-17,34H2,1-7H3,(H,36,41)(H,35,37,40)/t24-,25-,28-/m0/s1. The summed E-state index contributed by atoms with van der Waals surface area (Å²) >= 11 is 0. The number of nitrogens with one attached hydrogen (secondary N) is 2. The summed E-state index contributed by atoms with van der Waals surface area (Å²) in [6, 6.07) is 9.85. The molecule has 3 rings (SSSR count). The van der Waals surface area contributed by atoms with Crippen molar-refractivity contribution in [1.82, 2.24) is 20.2 Å². The molecule has 0 radical (unpaired) electrons. The minimum Gasteiger partial charge on any atom is -0.508 e. The Morgan fingerprint density at radius 2 is 1.69 bits per heavy atom. The number of amides is 2. The van der Waals surface area contributed by atoms with E-state index in [9.17, 15) is 23.9 Å². The van der Waals surface area contributed by atoms with Crippen molar-refractivity contribution in [3.8, 4) is 5.75 Å². The van der Waals surface area contributed by atoms with Gasteiger partial charge in [0, 0.05) is 18.8 Å². The zero-order valence-corrected chi connectivity index (χ0v) is 25.4. The van der Waals surface area contributed by atoms with Crippen LogP contribution in [0.4, 0.5) is 4.39 Å². The van der Waals surface area contributed by atoms with Crippen molar-refractivity contribution in [2.75, 3.05) is 7.05 Å². The second-order valence-corrected chi connectivity index (χ2v) is 12.2. The van der Waals surface area contributed by atoms with Crippen molar-refractivity contribution in [1.29, 1.82) is 0 Å². The Bertz CT molecular complexity index is 1460. The zero-order valence-electron chi connectivity index (χ0n) is 25.4. The summed E-state index contributed by atoms with van der Waals surface area (Å²) in [7, 11) is 1.54. The van der Waals surface area contributed by atoms with Gasteiger partial charge in [-0.25, -0.2) is 9.37 Å². The lowest BCUT2D eigenvalue weighted by Gasteiger charge is -2.33. The molecule has 0 aliphatic carbocycles. The van der Waals surface area contributed by atoms with Crippen LogP contribution in [-0.4, -0.2) is 50.9 Å². The molecule has 9 nitrogen and oxygen atoms in total. The van der Waals surface area contributed by atoms with Gasteiger partial charge in [-0.3, -0.25) is 14.4 Å². The number of aromatic amines is 1. The van der Waals surface area contributed by atoms with E-state index in [0.29, 0.717) is 11.3 Å². The minimum absolute atomic E-state index is 0.172. The van der Waals surface area contributed by atoms with Crippen LogP contribution in [0.25, 0.3) is 0 Å². The lowest BCUT2D eigenvalue weighted by molar-refractivity contribution is -0.141. The summed E-state index contributed by atoms with van der Waals surface area (Å²) in [5.74, 6) is -1.07. The van der Waals surface area contributed by atoms with Gasteiger partial charge in [0.1, 0.15) is 23.4 Å². The second-order valence-electron chi connectivity index (χ2n) is 12.2. The number of likely N-dealkylation sites (N-methyl/N-ethyl adjacent to an activating group) is 1. The molecule has 2 aromatic carbocycles. The Hall–Kier alpha value is -4.05. The van der Waals surface area contributed by atoms with E-state index < -0.39 is 29.9 Å². The van der Waals surface area contributed by atoms with Crippen LogP contribution in [-0.2, 0) is 27.8 Å². The minimum atomic E-state index is -0.937. The number of phenolic OH excluding ortho intramolecular Hbond substituents is 1. The topological polar surface area (TPSA) is 141 Å². The molecule has 0 saturated carbocycles. The van der Waals surface area contributed by atoms with Crippen molar-refractivity contribution in [3.05, 3.63) is 92.9 Å². The molecule has 1 aromatic heterocycles. The molecule has 0 bridgehead atoms. The Kier molecular flexibility index (Phi) is 10.3. The quantitative estimate of drug-likeness (QED) is 0.289. The number of nitrogens with zero attached hydrogens (tertiary/aromatic N) is 2. The van der Waals surface area contributed by atoms with Gasteiger partial charge < -0.3 is 26.0 Å². The molecule has 5 N–H and O–H groups in total. The summed E-state index contributed by atoms with van der Waals surface area (Å²) in [5, 5.41) is 13.5. The number of aromatic nitrogens is 2. The Morgan fingerprint density at radius 3 is 2.26 bits per heavy atom. The number of halogens is 1. The highest BCUT2D eigenvalue weighted by Gasteiger charge is 2.34. The third kappa shape index (κ3) is 8.25. The summed E-state index contributed by atoms with van der Waals surface area (Å²) in [6.07, 6.45) is 0.456. The van der Waals surface area contributed by atoms with Crippen molar-refractivity contribution in [2.24, 2.45) is 11.7 Å². The van der Waals surface area contributed by atoms with Gasteiger partial charge in [0.05, 0.1) is 12.1 Å². The van der Waals surface area contributed by atoms with Gasteiger partial charge in [0.2, 0.25) is 11.8 Å². The average Bonchev–Trinajstić information content (AvgIpc) is 2.88. The van der Waals surface area contributed by atoms with Crippen LogP contribution in [0.1, 0.15) is 68.9 Å². The van der Waals surface area contributed by atoms with E-state index in [2.05, 4.69) is 15.3 Å². The summed E-state index contributed by atoms with van der Waals surface area (Å²) < 4.78 is 13.3. The second kappa shape index (κ2) is 13.3. The van der Waals surface area contributed by atoms with Gasteiger partial charge in [0.25, 0.3) is 5.56 Å². The number of carbonyl (C=O) groups is 2. The normalized spacial score (nSPS) is 13.9. The SMILES string of the molecule is Cc1cc(=O)[nH]c([C@H](Cc2ccc(O)c(C(C)(C)C)c2)NC(=O)[C@H](C(C)C)N(C)C(=O)[C@@H](N)Cc2ccc(F)cc2)n1. The number of aromatic hydroxyl groups is 1. The third-order valence-corrected chi connectivity index (χ3v) is 7.19. The van der Waals surface area contributed by atoms with Crippen LogP contribution >= 0.6 is 0 Å². The van der Waals surface area contributed by atoms with E-state index in [1.807, 2.05) is 40.7 Å². The van der Waals surface area contributed by atoms with Crippen LogP contribution in [0.5, 0.6) is 5.75 Å². The van der Waals surface area contributed by atoms with E-state index in [0.717, 1.165) is 11.1 Å². The number of benzene rings is 2. The van der Waals surface area contributed by atoms with Crippen molar-refractivity contribution in [2.45, 2.75) is 77.9 Å². The average molecular weight is 580 g/mol. The molecule has 1 heterocycles. The van der Waals surface area contributed by atoms with E-state index >= 15 is 0 Å². The summed E-state index contributed by atoms with van der Waals surface area (Å²) in [4.78, 5) is 48.1. The van der Waals surface area contributed by atoms with Gasteiger partial charge >= 0.3 is 0 Å². The van der Waals surface area contributed by atoms with Gasteiger partial charge in [-0.15, -0.1) is 0 Å². The number of rotatable bonds is 10. The first-order chi connectivity index (χ1) is 19.6. The monoisotopic (exact) mass is 579 g/mol. The third-order valence-electron chi connectivity index (χ3n) is 7.19. The largest absolute Gasteiger partial charge is 0.508 e. The number of hydrogen-bond donors (Lipinski definition) is 4. The molecule has 0 spiro atoms. The molecule has 226 valence electrons. The van der Waals surface area contributed by atoms with Crippen LogP contribution in [0, 0.1) is 18.7 Å². The lowest BCUT2D eigenvalue weighted by Crippen LogP contribution is -2.55. The van der Waals surface area contributed by atoms with Crippen molar-refractivity contribution < 1.29 is 19.1 Å². The molecular formula is C32H42FN5O4. The first-order valence-corrected chi connectivity index (χ1v) is 14.0. The molecule has 3 aromatic rings. The fourth-order valence-corrected chi connectivity index (χ4v) is 5.07. The van der Waals surface area contributed by atoms with Gasteiger partial charge in [0.15, 0.2) is 0 Å². The smallest absolute Gasteiger partial charge is 0.251 e. The Balaban J connectivity index is 1.90. The van der Waals surface area contributed by atoms with E-state index in [1.54, 1.807) is 31.2 Å². The van der Waals surface area contributed by atoms with Gasteiger partial charge in [-0.2, -0.15) is 0 Å². The highest BCUT2D eigenvalue weighted by Crippen LogP contribution is 2.32. The van der Waals surface area contributed by atoms with Crippen molar-refractivity contribution in [3.63, 3.8) is 0 Å². The van der Waals surface area contributed by atoms with E-state index in [-0.39, 0.29) is 47.1 Å². The Morgan fingerprint density at radius 1 is 1.07 bits per heavy atom. The van der Waals surface area contributed by atoms with Crippen LogP contribution in [0.15, 0.2) is 53.3 Å². The predicted molar refractivity (Wildman–Crippen MR) is 160 cm³/mol. The number of carbonyl (C=O) groups excluding carboxylic acids is 2. The zero-order chi connectivity index (χ0) is 31.4. The molecule has 3 atom stereocenters. The number of hydrogen-bond acceptors (Lipinski definition) is 6. The molecule has 2 amide bonds. The molecular weight excluding hydrogens is 537 g/mol. The number of aryl methyl sites for hydroxylation is 1. The highest BCUT2D eigenvalue weighted by atomic mass is 19.1. The van der Waals surface area contributed by atoms with Crippen LogP contribution < -0.4 is 16.6 Å². The number of H-pyrrole nitrogens is 1. The molecule has 0 aliphatic rings. The van der Waals surface area contributed by atoms with E-state index in [1.165, 1.54) is 30.1 Å². The fourth-order valence-electron chi connectivity index (χ4n) is 5.07. The van der Waals surface area contributed by atoms with Crippen molar-refractivity contribution >= 4 is 11.8 Å². The van der Waals surface area contributed by atoms with Crippen LogP contribution in [0.3, 0.4) is 0 Å². The van der Waals surface area contributed by atoms with E-state index in [4.69, 9.17) is 5.73 Å². The first-order valence-electron chi connectivity index (χ1n) is 14.0. The van der Waals surface area contributed by atoms with Crippen LogP contribution in [0.2, 0.25) is 0 Å². The summed E-state index contributed by atoms with van der Waals surface area (Å²) in [6.45, 7) is 11.3. The lowest BCUT2D eigenvalue weighted by atomic mass is 9.84. The maximum Gasteiger partial charge on any atom is 0.251 e. The summed E-state index contributed by atoms with van der Waals surface area (Å²) in [5.41, 5.74) is 8.31. The maximum atomic E-state index is 13.8. The molecule has 42 heavy (non-hydrogen) atoms. The first kappa shape index (κ1) is 32.5. The predicted octanol–water partition coefficient (Wildman–Crippen LogP) is 3.67. The number of phenols is 1. The highest BCUT2D eigenvalue weighted by molar-refractivity contribution is 5.90. The molecule has 0 saturated heterocycles.